The lowest BCUT2D eigenvalue weighted by Gasteiger charge is -2.07. The van der Waals surface area contributed by atoms with Gasteiger partial charge < -0.3 is 4.52 Å². The minimum atomic E-state index is -3.71. The van der Waals surface area contributed by atoms with Crippen LogP contribution in [0.1, 0.15) is 5.76 Å². The quantitative estimate of drug-likeness (QED) is 0.465. The van der Waals surface area contributed by atoms with Crippen molar-refractivity contribution in [2.45, 2.75) is 11.6 Å². The van der Waals surface area contributed by atoms with Crippen LogP contribution in [-0.4, -0.2) is 19.8 Å². The Hall–Kier alpha value is -1.58. The summed E-state index contributed by atoms with van der Waals surface area (Å²) in [6, 6.07) is 8.88. The van der Waals surface area contributed by atoms with E-state index < -0.39 is 27.2 Å². The van der Waals surface area contributed by atoms with Crippen molar-refractivity contribution in [2.75, 3.05) is 6.26 Å². The molecule has 0 unspecified atom stereocenters. The highest BCUT2D eigenvalue weighted by Gasteiger charge is 2.22. The molecule has 2 aromatic carbocycles. The summed E-state index contributed by atoms with van der Waals surface area (Å²) in [5.74, 6) is -0.982. The lowest BCUT2D eigenvalue weighted by atomic mass is 9.99. The minimum Gasteiger partial charge on any atom is -0.357 e. The number of hydrogen-bond acceptors (Lipinski definition) is 4. The van der Waals surface area contributed by atoms with Crippen LogP contribution in [0.25, 0.3) is 22.4 Å². The molecule has 0 spiro atoms. The maximum Gasteiger partial charge on any atom is 0.178 e. The summed E-state index contributed by atoms with van der Waals surface area (Å²) in [6.07, 6.45) is 0.919. The van der Waals surface area contributed by atoms with Gasteiger partial charge in [-0.1, -0.05) is 17.3 Å². The SMILES string of the molecule is CS(=O)(=O)c1ccc(-c2c(-c3ccc(Br)c(Br)c3)noc2CF)cc1F. The summed E-state index contributed by atoms with van der Waals surface area (Å²) in [5.41, 5.74) is 1.52. The molecule has 1 aromatic heterocycles. The van der Waals surface area contributed by atoms with E-state index >= 15 is 0 Å². The maximum absolute atomic E-state index is 14.3. The third kappa shape index (κ3) is 3.60. The van der Waals surface area contributed by atoms with Gasteiger partial charge in [0.1, 0.15) is 16.4 Å². The molecular formula is C17H11Br2F2NO3S. The van der Waals surface area contributed by atoms with E-state index in [4.69, 9.17) is 4.52 Å². The summed E-state index contributed by atoms with van der Waals surface area (Å²) in [6.45, 7) is -0.935. The molecule has 136 valence electrons. The fourth-order valence-corrected chi connectivity index (χ4v) is 3.86. The van der Waals surface area contributed by atoms with Crippen molar-refractivity contribution in [3.8, 4) is 22.4 Å². The summed E-state index contributed by atoms with van der Waals surface area (Å²) >= 11 is 6.75. The van der Waals surface area contributed by atoms with Crippen molar-refractivity contribution >= 4 is 41.7 Å². The maximum atomic E-state index is 14.3. The van der Waals surface area contributed by atoms with E-state index in [1.165, 1.54) is 6.07 Å². The van der Waals surface area contributed by atoms with Gasteiger partial charge in [-0.05, 0) is 61.7 Å². The molecule has 1 heterocycles. The first kappa shape index (κ1) is 19.2. The van der Waals surface area contributed by atoms with Crippen LogP contribution in [0.15, 0.2) is 54.8 Å². The highest BCUT2D eigenvalue weighted by atomic mass is 79.9. The highest BCUT2D eigenvalue weighted by molar-refractivity contribution is 9.13. The van der Waals surface area contributed by atoms with Crippen LogP contribution in [-0.2, 0) is 16.5 Å². The molecule has 3 aromatic rings. The van der Waals surface area contributed by atoms with Crippen LogP contribution >= 0.6 is 31.9 Å². The molecule has 26 heavy (non-hydrogen) atoms. The van der Waals surface area contributed by atoms with Gasteiger partial charge in [-0.25, -0.2) is 17.2 Å². The second-order valence-corrected chi connectivity index (χ2v) is 9.20. The van der Waals surface area contributed by atoms with Crippen LogP contribution < -0.4 is 0 Å². The van der Waals surface area contributed by atoms with Crippen molar-refractivity contribution in [2.24, 2.45) is 0 Å². The van der Waals surface area contributed by atoms with Gasteiger partial charge in [0.25, 0.3) is 0 Å². The summed E-state index contributed by atoms with van der Waals surface area (Å²) in [7, 11) is -3.71. The average molecular weight is 507 g/mol. The molecular weight excluding hydrogens is 496 g/mol. The fourth-order valence-electron chi connectivity index (χ4n) is 2.51. The second-order valence-electron chi connectivity index (χ2n) is 5.51. The molecule has 0 saturated heterocycles. The zero-order chi connectivity index (χ0) is 19.1. The molecule has 3 rings (SSSR count). The van der Waals surface area contributed by atoms with E-state index in [9.17, 15) is 17.2 Å². The van der Waals surface area contributed by atoms with Crippen molar-refractivity contribution < 1.29 is 21.7 Å². The molecule has 4 nitrogen and oxygen atoms in total. The summed E-state index contributed by atoms with van der Waals surface area (Å²) < 4.78 is 57.5. The first-order valence-electron chi connectivity index (χ1n) is 7.22. The van der Waals surface area contributed by atoms with E-state index in [2.05, 4.69) is 37.0 Å². The molecule has 0 N–H and O–H groups in total. The lowest BCUT2D eigenvalue weighted by Crippen LogP contribution is -2.01. The number of halogens is 4. The minimum absolute atomic E-state index is 0.0643. The number of rotatable bonds is 4. The predicted octanol–water partition coefficient (Wildman–Crippen LogP) is 5.55. The number of benzene rings is 2. The Bertz CT molecular complexity index is 1100. The molecule has 0 bridgehead atoms. The third-order valence-electron chi connectivity index (χ3n) is 3.70. The zero-order valence-electron chi connectivity index (χ0n) is 13.3. The van der Waals surface area contributed by atoms with Crippen LogP contribution in [0, 0.1) is 5.82 Å². The summed E-state index contributed by atoms with van der Waals surface area (Å²) in [4.78, 5) is -0.424. The van der Waals surface area contributed by atoms with Gasteiger partial charge in [-0.15, -0.1) is 0 Å². The predicted molar refractivity (Wildman–Crippen MR) is 101 cm³/mol. The number of nitrogens with zero attached hydrogens (tertiary/aromatic N) is 1. The first-order chi connectivity index (χ1) is 12.2. The van der Waals surface area contributed by atoms with E-state index in [0.717, 1.165) is 27.3 Å². The van der Waals surface area contributed by atoms with Crippen molar-refractivity contribution in [3.05, 3.63) is 56.9 Å². The molecule has 0 amide bonds. The van der Waals surface area contributed by atoms with Crippen LogP contribution in [0.2, 0.25) is 0 Å². The Kier molecular flexibility index (Phi) is 5.32. The molecule has 0 saturated carbocycles. The molecule has 0 aliphatic rings. The Morgan fingerprint density at radius 1 is 1.08 bits per heavy atom. The highest BCUT2D eigenvalue weighted by Crippen LogP contribution is 2.38. The van der Waals surface area contributed by atoms with Gasteiger partial charge in [-0.3, -0.25) is 0 Å². The molecule has 0 atom stereocenters. The monoisotopic (exact) mass is 505 g/mol. The average Bonchev–Trinajstić information content (AvgIpc) is 3.00. The van der Waals surface area contributed by atoms with Gasteiger partial charge in [-0.2, -0.15) is 0 Å². The van der Waals surface area contributed by atoms with Gasteiger partial charge >= 0.3 is 0 Å². The molecule has 0 aliphatic carbocycles. The second kappa shape index (κ2) is 7.21. The van der Waals surface area contributed by atoms with Gasteiger partial charge in [0.2, 0.25) is 0 Å². The lowest BCUT2D eigenvalue weighted by molar-refractivity contribution is 0.332. The standard InChI is InChI=1S/C17H11Br2F2NO3S/c1-26(23,24)15-5-3-9(7-13(15)21)16-14(8-20)25-22-17(16)10-2-4-11(18)12(19)6-10/h2-7H,8H2,1H3. The van der Waals surface area contributed by atoms with Crippen LogP contribution in [0.5, 0.6) is 0 Å². The van der Waals surface area contributed by atoms with Gasteiger partial charge in [0, 0.05) is 20.8 Å². The van der Waals surface area contributed by atoms with E-state index in [0.29, 0.717) is 11.3 Å². The first-order valence-corrected chi connectivity index (χ1v) is 10.7. The summed E-state index contributed by atoms with van der Waals surface area (Å²) in [5, 5.41) is 3.91. The number of sulfone groups is 1. The largest absolute Gasteiger partial charge is 0.357 e. The smallest absolute Gasteiger partial charge is 0.178 e. The Balaban J connectivity index is 2.20. The van der Waals surface area contributed by atoms with Gasteiger partial charge in [0.15, 0.2) is 22.3 Å². The molecule has 9 heteroatoms. The van der Waals surface area contributed by atoms with Crippen molar-refractivity contribution in [3.63, 3.8) is 0 Å². The number of hydrogen-bond donors (Lipinski definition) is 0. The van der Waals surface area contributed by atoms with E-state index in [1.54, 1.807) is 18.2 Å². The Morgan fingerprint density at radius 3 is 2.35 bits per heavy atom. The van der Waals surface area contributed by atoms with Crippen molar-refractivity contribution in [1.29, 1.82) is 0 Å². The van der Waals surface area contributed by atoms with E-state index in [1.807, 2.05) is 0 Å². The normalized spacial score (nSPS) is 11.7. The Labute approximate surface area is 165 Å². The molecule has 0 radical (unpaired) electrons. The fraction of sp³-hybridized carbons (Fsp3) is 0.118. The molecule has 0 aliphatic heterocycles. The van der Waals surface area contributed by atoms with Gasteiger partial charge in [0.05, 0.1) is 5.56 Å². The number of alkyl halides is 1. The van der Waals surface area contributed by atoms with Crippen molar-refractivity contribution in [1.82, 2.24) is 5.16 Å². The molecule has 0 fully saturated rings. The number of aromatic nitrogens is 1. The van der Waals surface area contributed by atoms with Crippen LogP contribution in [0.4, 0.5) is 8.78 Å². The Morgan fingerprint density at radius 2 is 1.77 bits per heavy atom. The topological polar surface area (TPSA) is 60.2 Å². The van der Waals surface area contributed by atoms with Crippen LogP contribution in [0.3, 0.4) is 0 Å². The third-order valence-corrected chi connectivity index (χ3v) is 6.71. The zero-order valence-corrected chi connectivity index (χ0v) is 17.3. The van der Waals surface area contributed by atoms with E-state index in [-0.39, 0.29) is 16.9 Å².